The van der Waals surface area contributed by atoms with Gasteiger partial charge in [0, 0.05) is 6.54 Å². The van der Waals surface area contributed by atoms with Crippen molar-refractivity contribution in [2.75, 3.05) is 6.54 Å². The predicted octanol–water partition coefficient (Wildman–Crippen LogP) is 2.94. The van der Waals surface area contributed by atoms with E-state index in [0.717, 1.165) is 17.5 Å². The van der Waals surface area contributed by atoms with Crippen LogP contribution in [-0.4, -0.2) is 28.5 Å². The molecule has 3 N–H and O–H groups in total. The van der Waals surface area contributed by atoms with Crippen molar-refractivity contribution < 1.29 is 9.90 Å². The zero-order valence-corrected chi connectivity index (χ0v) is 14.2. The Kier molecular flexibility index (Phi) is 6.77. The number of aliphatic hydroxyl groups excluding tert-OH is 1. The Balaban J connectivity index is 2.11. The molecule has 2 unspecified atom stereocenters. The molecule has 1 aromatic heterocycles. The number of hydrogen-bond donors (Lipinski definition) is 2. The van der Waals surface area contributed by atoms with Crippen LogP contribution in [0.5, 0.6) is 0 Å². The molecule has 1 amide bonds. The van der Waals surface area contributed by atoms with E-state index in [1.807, 2.05) is 54.1 Å². The summed E-state index contributed by atoms with van der Waals surface area (Å²) in [5.74, 6) is -0.106. The number of nitrogens with two attached hydrogens (primary N) is 1. The number of carbonyl (C=O) groups excluding carboxylic acids is 1. The maximum atomic E-state index is 12.6. The molecule has 2 atom stereocenters. The van der Waals surface area contributed by atoms with E-state index < -0.39 is 12.1 Å². The normalized spacial score (nSPS) is 13.5. The SMILES string of the molecule is CCCC(N)C(=O)N(Cc1ccccc1)CC(O)c1ccsc1. The summed E-state index contributed by atoms with van der Waals surface area (Å²) in [4.78, 5) is 14.3. The number of aliphatic hydroxyl groups is 1. The summed E-state index contributed by atoms with van der Waals surface area (Å²) >= 11 is 1.53. The summed E-state index contributed by atoms with van der Waals surface area (Å²) in [6.07, 6.45) is 0.820. The van der Waals surface area contributed by atoms with Crippen molar-refractivity contribution in [1.82, 2.24) is 4.90 Å². The molecule has 0 bridgehead atoms. The Morgan fingerprint density at radius 1 is 1.30 bits per heavy atom. The molecular formula is C18H24N2O2S. The van der Waals surface area contributed by atoms with Gasteiger partial charge in [-0.1, -0.05) is 43.7 Å². The lowest BCUT2D eigenvalue weighted by Gasteiger charge is -2.28. The monoisotopic (exact) mass is 332 g/mol. The lowest BCUT2D eigenvalue weighted by atomic mass is 10.1. The average Bonchev–Trinajstić information content (AvgIpc) is 3.09. The highest BCUT2D eigenvalue weighted by atomic mass is 32.1. The zero-order chi connectivity index (χ0) is 16.7. The molecule has 0 radical (unpaired) electrons. The van der Waals surface area contributed by atoms with Crippen LogP contribution >= 0.6 is 11.3 Å². The number of thiophene rings is 1. The summed E-state index contributed by atoms with van der Waals surface area (Å²) in [5, 5.41) is 14.2. The fourth-order valence-electron chi connectivity index (χ4n) is 2.48. The van der Waals surface area contributed by atoms with Gasteiger partial charge in [-0.25, -0.2) is 0 Å². The molecule has 4 nitrogen and oxygen atoms in total. The van der Waals surface area contributed by atoms with Crippen molar-refractivity contribution in [2.24, 2.45) is 5.73 Å². The topological polar surface area (TPSA) is 66.6 Å². The number of amides is 1. The first kappa shape index (κ1) is 17.7. The maximum Gasteiger partial charge on any atom is 0.239 e. The Bertz CT molecular complexity index is 586. The third kappa shape index (κ3) is 5.16. The second-order valence-corrected chi connectivity index (χ2v) is 6.45. The van der Waals surface area contributed by atoms with Crippen molar-refractivity contribution in [3.8, 4) is 0 Å². The standard InChI is InChI=1S/C18H24N2O2S/c1-2-6-16(19)18(22)20(11-14-7-4-3-5-8-14)12-17(21)15-9-10-23-13-15/h3-5,7-10,13,16-17,21H,2,6,11-12,19H2,1H3. The molecule has 124 valence electrons. The maximum absolute atomic E-state index is 12.6. The van der Waals surface area contributed by atoms with Crippen LogP contribution in [-0.2, 0) is 11.3 Å². The zero-order valence-electron chi connectivity index (χ0n) is 13.4. The molecule has 0 aliphatic carbocycles. The Labute approximate surface area is 141 Å². The minimum atomic E-state index is -0.692. The second-order valence-electron chi connectivity index (χ2n) is 5.67. The van der Waals surface area contributed by atoms with Crippen LogP contribution < -0.4 is 5.73 Å². The molecule has 1 aromatic carbocycles. The summed E-state index contributed by atoms with van der Waals surface area (Å²) in [6, 6.07) is 11.1. The first-order valence-corrected chi connectivity index (χ1v) is 8.84. The summed E-state index contributed by atoms with van der Waals surface area (Å²) in [6.45, 7) is 2.72. The Hall–Kier alpha value is -1.69. The van der Waals surface area contributed by atoms with Gasteiger partial charge in [0.15, 0.2) is 0 Å². The molecular weight excluding hydrogens is 308 g/mol. The summed E-state index contributed by atoms with van der Waals surface area (Å²) in [5.41, 5.74) is 7.87. The predicted molar refractivity (Wildman–Crippen MR) is 94.0 cm³/mol. The molecule has 0 aliphatic rings. The molecule has 5 heteroatoms. The quantitative estimate of drug-likeness (QED) is 0.781. The average molecular weight is 332 g/mol. The molecule has 23 heavy (non-hydrogen) atoms. The van der Waals surface area contributed by atoms with Gasteiger partial charge in [0.1, 0.15) is 0 Å². The summed E-state index contributed by atoms with van der Waals surface area (Å²) in [7, 11) is 0. The van der Waals surface area contributed by atoms with Gasteiger partial charge in [0.25, 0.3) is 0 Å². The largest absolute Gasteiger partial charge is 0.387 e. The van der Waals surface area contributed by atoms with Crippen LogP contribution in [0.3, 0.4) is 0 Å². The molecule has 1 heterocycles. The van der Waals surface area contributed by atoms with Crippen molar-refractivity contribution in [2.45, 2.75) is 38.5 Å². The molecule has 2 rings (SSSR count). The minimum absolute atomic E-state index is 0.106. The van der Waals surface area contributed by atoms with Gasteiger partial charge in [0.2, 0.25) is 5.91 Å². The molecule has 0 aliphatic heterocycles. The molecule has 2 aromatic rings. The first-order valence-electron chi connectivity index (χ1n) is 7.90. The molecule has 0 saturated carbocycles. The lowest BCUT2D eigenvalue weighted by molar-refractivity contribution is -0.135. The van der Waals surface area contributed by atoms with Crippen LogP contribution in [0.1, 0.15) is 37.0 Å². The number of nitrogens with zero attached hydrogens (tertiary/aromatic N) is 1. The minimum Gasteiger partial charge on any atom is -0.387 e. The van der Waals surface area contributed by atoms with Gasteiger partial charge in [-0.2, -0.15) is 11.3 Å². The van der Waals surface area contributed by atoms with E-state index in [4.69, 9.17) is 5.73 Å². The van der Waals surface area contributed by atoms with Gasteiger partial charge in [-0.15, -0.1) is 0 Å². The number of carbonyl (C=O) groups is 1. The highest BCUT2D eigenvalue weighted by Crippen LogP contribution is 2.19. The number of hydrogen-bond acceptors (Lipinski definition) is 4. The molecule has 0 fully saturated rings. The van der Waals surface area contributed by atoms with Crippen LogP contribution in [0.4, 0.5) is 0 Å². The van der Waals surface area contributed by atoms with Gasteiger partial charge >= 0.3 is 0 Å². The van der Waals surface area contributed by atoms with Gasteiger partial charge in [-0.05, 0) is 34.4 Å². The Morgan fingerprint density at radius 3 is 2.65 bits per heavy atom. The van der Waals surface area contributed by atoms with E-state index in [1.165, 1.54) is 11.3 Å². The molecule has 0 saturated heterocycles. The smallest absolute Gasteiger partial charge is 0.239 e. The Morgan fingerprint density at radius 2 is 2.04 bits per heavy atom. The van der Waals surface area contributed by atoms with Crippen LogP contribution in [0.25, 0.3) is 0 Å². The van der Waals surface area contributed by atoms with E-state index in [0.29, 0.717) is 13.0 Å². The lowest BCUT2D eigenvalue weighted by Crippen LogP contribution is -2.44. The van der Waals surface area contributed by atoms with Crippen LogP contribution in [0.2, 0.25) is 0 Å². The third-order valence-corrected chi connectivity index (χ3v) is 4.47. The van der Waals surface area contributed by atoms with Gasteiger partial charge in [0.05, 0.1) is 18.7 Å². The van der Waals surface area contributed by atoms with Crippen molar-refractivity contribution in [3.63, 3.8) is 0 Å². The molecule has 0 spiro atoms. The highest BCUT2D eigenvalue weighted by Gasteiger charge is 2.23. The number of benzene rings is 1. The summed E-state index contributed by atoms with van der Waals surface area (Å²) < 4.78 is 0. The van der Waals surface area contributed by atoms with E-state index >= 15 is 0 Å². The fraction of sp³-hybridized carbons (Fsp3) is 0.389. The van der Waals surface area contributed by atoms with Crippen molar-refractivity contribution in [1.29, 1.82) is 0 Å². The van der Waals surface area contributed by atoms with E-state index in [-0.39, 0.29) is 12.5 Å². The fourth-order valence-corrected chi connectivity index (χ4v) is 3.19. The van der Waals surface area contributed by atoms with E-state index in [9.17, 15) is 9.90 Å². The second kappa shape index (κ2) is 8.82. The van der Waals surface area contributed by atoms with Gasteiger partial charge in [-0.3, -0.25) is 4.79 Å². The van der Waals surface area contributed by atoms with E-state index in [2.05, 4.69) is 0 Å². The van der Waals surface area contributed by atoms with E-state index in [1.54, 1.807) is 4.90 Å². The van der Waals surface area contributed by atoms with Crippen LogP contribution in [0.15, 0.2) is 47.2 Å². The first-order chi connectivity index (χ1) is 11.1. The van der Waals surface area contributed by atoms with Crippen molar-refractivity contribution in [3.05, 3.63) is 58.3 Å². The highest BCUT2D eigenvalue weighted by molar-refractivity contribution is 7.07. The third-order valence-electron chi connectivity index (χ3n) is 3.77. The van der Waals surface area contributed by atoms with Crippen LogP contribution in [0, 0.1) is 0 Å². The van der Waals surface area contributed by atoms with Crippen molar-refractivity contribution >= 4 is 17.2 Å². The van der Waals surface area contributed by atoms with Gasteiger partial charge < -0.3 is 15.7 Å². The number of rotatable bonds is 8.